The van der Waals surface area contributed by atoms with Crippen LogP contribution >= 0.6 is 0 Å². The number of carbonyl (C=O) groups excluding carboxylic acids is 1. The highest BCUT2D eigenvalue weighted by atomic mass is 19.2. The van der Waals surface area contributed by atoms with E-state index in [1.54, 1.807) is 0 Å². The zero-order valence-electron chi connectivity index (χ0n) is 15.7. The van der Waals surface area contributed by atoms with Crippen molar-refractivity contribution in [2.45, 2.75) is 45.2 Å². The summed E-state index contributed by atoms with van der Waals surface area (Å²) in [6, 6.07) is 12.6. The van der Waals surface area contributed by atoms with Crippen LogP contribution in [-0.4, -0.2) is 29.9 Å². The van der Waals surface area contributed by atoms with Gasteiger partial charge in [0.1, 0.15) is 0 Å². The van der Waals surface area contributed by atoms with Crippen molar-refractivity contribution in [1.82, 2.24) is 10.2 Å². The zero-order valence-corrected chi connectivity index (χ0v) is 15.7. The topological polar surface area (TPSA) is 32.3 Å². The SMILES string of the molecule is CCC(CNC(=O)CCc1ccc(F)c(F)c1)N1CCc2ccccc2C1. The third kappa shape index (κ3) is 5.13. The standard InChI is InChI=1S/C22H26F2N2O/c1-2-19(26-12-11-17-5-3-4-6-18(17)15-26)14-25-22(27)10-8-16-7-9-20(23)21(24)13-16/h3-7,9,13,19H,2,8,10-12,14-15H2,1H3,(H,25,27). The third-order valence-electron chi connectivity index (χ3n) is 5.31. The Balaban J connectivity index is 1.47. The molecule has 0 saturated carbocycles. The highest BCUT2D eigenvalue weighted by Gasteiger charge is 2.22. The van der Waals surface area contributed by atoms with Crippen LogP contribution in [0.5, 0.6) is 0 Å². The summed E-state index contributed by atoms with van der Waals surface area (Å²) in [4.78, 5) is 14.6. The number of hydrogen-bond donors (Lipinski definition) is 1. The van der Waals surface area contributed by atoms with Gasteiger partial charge in [-0.3, -0.25) is 9.69 Å². The van der Waals surface area contributed by atoms with E-state index in [0.29, 0.717) is 24.6 Å². The Morgan fingerprint density at radius 1 is 1.15 bits per heavy atom. The summed E-state index contributed by atoms with van der Waals surface area (Å²) in [6.07, 6.45) is 2.67. The van der Waals surface area contributed by atoms with Crippen molar-refractivity contribution in [3.63, 3.8) is 0 Å². The largest absolute Gasteiger partial charge is 0.355 e. The zero-order chi connectivity index (χ0) is 19.2. The number of hydrogen-bond acceptors (Lipinski definition) is 2. The van der Waals surface area contributed by atoms with Gasteiger partial charge in [0, 0.05) is 32.1 Å². The van der Waals surface area contributed by atoms with Gasteiger partial charge < -0.3 is 5.32 Å². The van der Waals surface area contributed by atoms with E-state index in [9.17, 15) is 13.6 Å². The molecule has 5 heteroatoms. The van der Waals surface area contributed by atoms with E-state index in [1.165, 1.54) is 17.2 Å². The number of amides is 1. The van der Waals surface area contributed by atoms with Crippen LogP contribution in [0.2, 0.25) is 0 Å². The van der Waals surface area contributed by atoms with Crippen molar-refractivity contribution < 1.29 is 13.6 Å². The Bertz CT molecular complexity index is 794. The van der Waals surface area contributed by atoms with Gasteiger partial charge in [0.05, 0.1) is 0 Å². The van der Waals surface area contributed by atoms with Gasteiger partial charge in [0.15, 0.2) is 11.6 Å². The molecule has 3 nitrogen and oxygen atoms in total. The molecule has 144 valence electrons. The molecule has 0 spiro atoms. The Morgan fingerprint density at radius 2 is 1.93 bits per heavy atom. The van der Waals surface area contributed by atoms with Gasteiger partial charge in [-0.1, -0.05) is 37.3 Å². The van der Waals surface area contributed by atoms with Crippen molar-refractivity contribution in [1.29, 1.82) is 0 Å². The first-order valence-corrected chi connectivity index (χ1v) is 9.58. The second-order valence-corrected chi connectivity index (χ2v) is 7.10. The van der Waals surface area contributed by atoms with Gasteiger partial charge >= 0.3 is 0 Å². The van der Waals surface area contributed by atoms with Gasteiger partial charge in [-0.15, -0.1) is 0 Å². The quantitative estimate of drug-likeness (QED) is 0.801. The smallest absolute Gasteiger partial charge is 0.220 e. The molecular formula is C22H26F2N2O. The van der Waals surface area contributed by atoms with Gasteiger partial charge in [0.2, 0.25) is 5.91 Å². The number of fused-ring (bicyclic) bond motifs is 1. The number of rotatable bonds is 7. The minimum Gasteiger partial charge on any atom is -0.355 e. The minimum atomic E-state index is -0.871. The molecule has 1 amide bonds. The van der Waals surface area contributed by atoms with Crippen LogP contribution in [0, 0.1) is 11.6 Å². The van der Waals surface area contributed by atoms with E-state index in [0.717, 1.165) is 38.1 Å². The molecule has 0 aromatic heterocycles. The molecule has 0 radical (unpaired) electrons. The summed E-state index contributed by atoms with van der Waals surface area (Å²) < 4.78 is 26.2. The van der Waals surface area contributed by atoms with Gasteiger partial charge in [-0.25, -0.2) is 8.78 Å². The summed E-state index contributed by atoms with van der Waals surface area (Å²) in [6.45, 7) is 4.66. The maximum Gasteiger partial charge on any atom is 0.220 e. The van der Waals surface area contributed by atoms with Crippen molar-refractivity contribution in [3.05, 3.63) is 70.8 Å². The van der Waals surface area contributed by atoms with E-state index in [4.69, 9.17) is 0 Å². The van der Waals surface area contributed by atoms with Crippen molar-refractivity contribution in [2.24, 2.45) is 0 Å². The Kier molecular flexibility index (Phi) is 6.56. The van der Waals surface area contributed by atoms with E-state index < -0.39 is 11.6 Å². The molecule has 3 rings (SSSR count). The molecule has 0 bridgehead atoms. The fraction of sp³-hybridized carbons (Fsp3) is 0.409. The summed E-state index contributed by atoms with van der Waals surface area (Å²) in [5.74, 6) is -1.79. The molecule has 0 aliphatic carbocycles. The van der Waals surface area contributed by atoms with Crippen LogP contribution in [0.1, 0.15) is 36.5 Å². The number of nitrogens with zero attached hydrogens (tertiary/aromatic N) is 1. The fourth-order valence-electron chi connectivity index (χ4n) is 3.63. The summed E-state index contributed by atoms with van der Waals surface area (Å²) >= 11 is 0. The summed E-state index contributed by atoms with van der Waals surface area (Å²) in [5.41, 5.74) is 3.41. The van der Waals surface area contributed by atoms with Gasteiger partial charge in [-0.2, -0.15) is 0 Å². The number of benzene rings is 2. The molecule has 1 aliphatic rings. The Hall–Kier alpha value is -2.27. The normalized spacial score (nSPS) is 15.2. The van der Waals surface area contributed by atoms with E-state index >= 15 is 0 Å². The molecule has 0 fully saturated rings. The second kappa shape index (κ2) is 9.09. The lowest BCUT2D eigenvalue weighted by Gasteiger charge is -2.35. The number of carbonyl (C=O) groups is 1. The van der Waals surface area contributed by atoms with Crippen LogP contribution < -0.4 is 5.32 Å². The van der Waals surface area contributed by atoms with Gasteiger partial charge in [0.25, 0.3) is 0 Å². The summed E-state index contributed by atoms with van der Waals surface area (Å²) in [5, 5.41) is 3.00. The van der Waals surface area contributed by atoms with E-state index in [-0.39, 0.29) is 12.3 Å². The van der Waals surface area contributed by atoms with Crippen molar-refractivity contribution >= 4 is 5.91 Å². The first kappa shape index (κ1) is 19.5. The first-order chi connectivity index (χ1) is 13.1. The van der Waals surface area contributed by atoms with Crippen molar-refractivity contribution in [3.8, 4) is 0 Å². The molecule has 1 atom stereocenters. The molecule has 1 heterocycles. The highest BCUT2D eigenvalue weighted by Crippen LogP contribution is 2.21. The second-order valence-electron chi connectivity index (χ2n) is 7.10. The van der Waals surface area contributed by atoms with Crippen LogP contribution in [-0.2, 0) is 24.2 Å². The molecule has 1 aliphatic heterocycles. The average Bonchev–Trinajstić information content (AvgIpc) is 2.69. The lowest BCUT2D eigenvalue weighted by molar-refractivity contribution is -0.121. The lowest BCUT2D eigenvalue weighted by Crippen LogP contribution is -2.45. The van der Waals surface area contributed by atoms with E-state index in [2.05, 4.69) is 41.4 Å². The highest BCUT2D eigenvalue weighted by molar-refractivity contribution is 5.76. The summed E-state index contributed by atoms with van der Waals surface area (Å²) in [7, 11) is 0. The minimum absolute atomic E-state index is 0.0596. The van der Waals surface area contributed by atoms with Crippen LogP contribution in [0.4, 0.5) is 8.78 Å². The Morgan fingerprint density at radius 3 is 2.67 bits per heavy atom. The monoisotopic (exact) mass is 372 g/mol. The Labute approximate surface area is 159 Å². The predicted molar refractivity (Wildman–Crippen MR) is 102 cm³/mol. The number of halogens is 2. The van der Waals surface area contributed by atoms with Crippen LogP contribution in [0.25, 0.3) is 0 Å². The van der Waals surface area contributed by atoms with Gasteiger partial charge in [-0.05, 0) is 48.1 Å². The van der Waals surface area contributed by atoms with Crippen LogP contribution in [0.15, 0.2) is 42.5 Å². The molecule has 1 N–H and O–H groups in total. The van der Waals surface area contributed by atoms with Crippen molar-refractivity contribution in [2.75, 3.05) is 13.1 Å². The molecule has 0 saturated heterocycles. The third-order valence-corrected chi connectivity index (χ3v) is 5.31. The predicted octanol–water partition coefficient (Wildman–Crippen LogP) is 3.85. The first-order valence-electron chi connectivity index (χ1n) is 9.58. The molecule has 2 aromatic rings. The average molecular weight is 372 g/mol. The molecule has 27 heavy (non-hydrogen) atoms. The maximum atomic E-state index is 13.2. The molecule has 2 aromatic carbocycles. The molecular weight excluding hydrogens is 346 g/mol. The number of aryl methyl sites for hydroxylation is 1. The van der Waals surface area contributed by atoms with Crippen LogP contribution in [0.3, 0.4) is 0 Å². The number of nitrogens with one attached hydrogen (secondary N) is 1. The lowest BCUT2D eigenvalue weighted by atomic mass is 9.98. The maximum absolute atomic E-state index is 13.2. The van der Waals surface area contributed by atoms with E-state index in [1.807, 2.05) is 0 Å². The fourth-order valence-corrected chi connectivity index (χ4v) is 3.63. The molecule has 1 unspecified atom stereocenters.